The summed E-state index contributed by atoms with van der Waals surface area (Å²) < 4.78 is 13.4. The van der Waals surface area contributed by atoms with E-state index in [9.17, 15) is 0 Å². The summed E-state index contributed by atoms with van der Waals surface area (Å²) in [5.74, 6) is 0. The highest BCUT2D eigenvalue weighted by Gasteiger charge is 2.11. The van der Waals surface area contributed by atoms with E-state index in [4.69, 9.17) is 9.47 Å². The molecule has 0 bridgehead atoms. The fraction of sp³-hybridized carbons (Fsp3) is 0.700. The van der Waals surface area contributed by atoms with Crippen LogP contribution in [0.25, 0.3) is 0 Å². The Bertz CT molecular complexity index is 313. The summed E-state index contributed by atoms with van der Waals surface area (Å²) in [6.07, 6.45) is 0. The quantitative estimate of drug-likeness (QED) is 0.747. The van der Waals surface area contributed by atoms with Crippen molar-refractivity contribution in [2.75, 3.05) is 20.3 Å². The molecule has 0 aliphatic rings. The van der Waals surface area contributed by atoms with Gasteiger partial charge in [0.05, 0.1) is 35.7 Å². The number of hydrogen-bond donors (Lipinski definition) is 0. The minimum atomic E-state index is 0.568. The molecule has 0 fully saturated rings. The zero-order valence-electron chi connectivity index (χ0n) is 9.42. The van der Waals surface area contributed by atoms with Crippen LogP contribution in [0.2, 0.25) is 0 Å². The first kappa shape index (κ1) is 12.7. The van der Waals surface area contributed by atoms with Crippen LogP contribution in [0.3, 0.4) is 0 Å². The van der Waals surface area contributed by atoms with Crippen LogP contribution in [0, 0.1) is 6.92 Å². The lowest BCUT2D eigenvalue weighted by molar-refractivity contribution is 0.0583. The third kappa shape index (κ3) is 3.29. The van der Waals surface area contributed by atoms with Crippen LogP contribution in [0.5, 0.6) is 0 Å². The molecule has 0 aliphatic heterocycles. The molecular weight excluding hydrogens is 260 g/mol. The normalized spacial score (nSPS) is 10.9. The zero-order valence-corrected chi connectivity index (χ0v) is 11.0. The highest BCUT2D eigenvalue weighted by molar-refractivity contribution is 9.10. The second-order valence-corrected chi connectivity index (χ2v) is 4.00. The van der Waals surface area contributed by atoms with Crippen LogP contribution in [-0.2, 0) is 22.6 Å². The maximum absolute atomic E-state index is 5.48. The van der Waals surface area contributed by atoms with Crippen LogP contribution in [-0.4, -0.2) is 30.1 Å². The Hall–Kier alpha value is -0.390. The summed E-state index contributed by atoms with van der Waals surface area (Å²) in [6.45, 7) is 6.70. The monoisotopic (exact) mass is 276 g/mol. The molecule has 4 nitrogen and oxygen atoms in total. The van der Waals surface area contributed by atoms with E-state index in [0.29, 0.717) is 19.8 Å². The number of ether oxygens (including phenoxy) is 2. The van der Waals surface area contributed by atoms with Crippen LogP contribution in [0.4, 0.5) is 0 Å². The Morgan fingerprint density at radius 1 is 1.40 bits per heavy atom. The number of rotatable bonds is 6. The average molecular weight is 277 g/mol. The second-order valence-electron chi connectivity index (χ2n) is 3.21. The highest BCUT2D eigenvalue weighted by atomic mass is 79.9. The van der Waals surface area contributed by atoms with E-state index in [1.807, 2.05) is 11.6 Å². The van der Waals surface area contributed by atoms with Gasteiger partial charge in [0.15, 0.2) is 0 Å². The van der Waals surface area contributed by atoms with Gasteiger partial charge < -0.3 is 9.47 Å². The van der Waals surface area contributed by atoms with Crippen molar-refractivity contribution in [1.29, 1.82) is 0 Å². The first-order valence-electron chi connectivity index (χ1n) is 4.99. The van der Waals surface area contributed by atoms with Crippen LogP contribution in [0.15, 0.2) is 4.47 Å². The summed E-state index contributed by atoms with van der Waals surface area (Å²) in [6, 6.07) is 0. The molecule has 1 heterocycles. The van der Waals surface area contributed by atoms with Gasteiger partial charge in [-0.15, -0.1) is 0 Å². The van der Waals surface area contributed by atoms with Crippen molar-refractivity contribution in [2.45, 2.75) is 27.0 Å². The van der Waals surface area contributed by atoms with Gasteiger partial charge in [0.1, 0.15) is 0 Å². The fourth-order valence-corrected chi connectivity index (χ4v) is 1.72. The Kier molecular flexibility index (Phi) is 5.28. The molecule has 0 radical (unpaired) electrons. The summed E-state index contributed by atoms with van der Waals surface area (Å²) in [7, 11) is 1.67. The predicted octanol–water partition coefficient (Wildman–Crippen LogP) is 2.14. The Morgan fingerprint density at radius 3 is 2.73 bits per heavy atom. The molecule has 0 N–H and O–H groups in total. The van der Waals surface area contributed by atoms with Gasteiger partial charge in [-0.2, -0.15) is 5.10 Å². The summed E-state index contributed by atoms with van der Waals surface area (Å²) in [5.41, 5.74) is 2.09. The van der Waals surface area contributed by atoms with Crippen molar-refractivity contribution in [3.05, 3.63) is 15.9 Å². The van der Waals surface area contributed by atoms with E-state index in [1.165, 1.54) is 0 Å². The average Bonchev–Trinajstić information content (AvgIpc) is 2.51. The van der Waals surface area contributed by atoms with Gasteiger partial charge in [0, 0.05) is 13.7 Å². The summed E-state index contributed by atoms with van der Waals surface area (Å²) in [5, 5.41) is 4.39. The molecule has 0 unspecified atom stereocenters. The molecule has 0 saturated heterocycles. The molecule has 1 aromatic heterocycles. The lowest BCUT2D eigenvalue weighted by Gasteiger charge is -2.06. The molecule has 0 aliphatic carbocycles. The number of nitrogens with zero attached hydrogens (tertiary/aromatic N) is 2. The van der Waals surface area contributed by atoms with Crippen molar-refractivity contribution >= 4 is 15.9 Å². The minimum absolute atomic E-state index is 0.568. The molecule has 0 atom stereocenters. The first-order valence-corrected chi connectivity index (χ1v) is 5.78. The Labute approximate surface area is 98.7 Å². The van der Waals surface area contributed by atoms with Crippen molar-refractivity contribution in [3.8, 4) is 0 Å². The van der Waals surface area contributed by atoms with Crippen LogP contribution < -0.4 is 0 Å². The van der Waals surface area contributed by atoms with Crippen molar-refractivity contribution < 1.29 is 9.47 Å². The molecule has 0 aromatic carbocycles. The largest absolute Gasteiger partial charge is 0.382 e. The third-order valence-electron chi connectivity index (χ3n) is 2.12. The van der Waals surface area contributed by atoms with Crippen LogP contribution in [0.1, 0.15) is 18.3 Å². The van der Waals surface area contributed by atoms with Gasteiger partial charge in [-0.3, -0.25) is 4.68 Å². The molecule has 1 aromatic rings. The lowest BCUT2D eigenvalue weighted by atomic mass is 10.4. The predicted molar refractivity (Wildman–Crippen MR) is 61.9 cm³/mol. The number of aromatic nitrogens is 2. The van der Waals surface area contributed by atoms with E-state index >= 15 is 0 Å². The lowest BCUT2D eigenvalue weighted by Crippen LogP contribution is -2.07. The molecule has 1 rings (SSSR count). The fourth-order valence-electron chi connectivity index (χ4n) is 1.32. The smallest absolute Gasteiger partial charge is 0.0897 e. The van der Waals surface area contributed by atoms with Crippen molar-refractivity contribution in [1.82, 2.24) is 9.78 Å². The highest BCUT2D eigenvalue weighted by Crippen LogP contribution is 2.21. The van der Waals surface area contributed by atoms with E-state index in [2.05, 4.69) is 28.0 Å². The van der Waals surface area contributed by atoms with Gasteiger partial charge in [-0.25, -0.2) is 0 Å². The van der Waals surface area contributed by atoms with Crippen molar-refractivity contribution in [2.24, 2.45) is 0 Å². The molecule has 0 saturated carbocycles. The molecule has 86 valence electrons. The van der Waals surface area contributed by atoms with E-state index in [0.717, 1.165) is 22.4 Å². The van der Waals surface area contributed by atoms with Crippen LogP contribution >= 0.6 is 15.9 Å². The number of hydrogen-bond acceptors (Lipinski definition) is 3. The SMILES string of the molecule is CCn1nc(C)c(Br)c1COCCOC. The maximum atomic E-state index is 5.48. The van der Waals surface area contributed by atoms with E-state index < -0.39 is 0 Å². The third-order valence-corrected chi connectivity index (χ3v) is 3.15. The first-order chi connectivity index (χ1) is 7.20. The van der Waals surface area contributed by atoms with Gasteiger partial charge in [0.25, 0.3) is 0 Å². The number of aryl methyl sites for hydroxylation is 2. The van der Waals surface area contributed by atoms with Gasteiger partial charge in [-0.1, -0.05) is 0 Å². The standard InChI is InChI=1S/C10H17BrN2O2/c1-4-13-9(7-15-6-5-14-3)10(11)8(2)12-13/h4-7H2,1-3H3. The van der Waals surface area contributed by atoms with E-state index in [1.54, 1.807) is 7.11 Å². The Balaban J connectivity index is 2.58. The molecule has 0 amide bonds. The minimum Gasteiger partial charge on any atom is -0.382 e. The topological polar surface area (TPSA) is 36.3 Å². The summed E-state index contributed by atoms with van der Waals surface area (Å²) in [4.78, 5) is 0. The molecule has 15 heavy (non-hydrogen) atoms. The van der Waals surface area contributed by atoms with Crippen molar-refractivity contribution in [3.63, 3.8) is 0 Å². The number of methoxy groups -OCH3 is 1. The molecular formula is C10H17BrN2O2. The number of halogens is 1. The Morgan fingerprint density at radius 2 is 2.13 bits per heavy atom. The van der Waals surface area contributed by atoms with E-state index in [-0.39, 0.29) is 0 Å². The van der Waals surface area contributed by atoms with Gasteiger partial charge >= 0.3 is 0 Å². The second kappa shape index (κ2) is 6.25. The van der Waals surface area contributed by atoms with Gasteiger partial charge in [-0.05, 0) is 29.8 Å². The molecule has 5 heteroatoms. The van der Waals surface area contributed by atoms with Gasteiger partial charge in [0.2, 0.25) is 0 Å². The molecule has 0 spiro atoms. The maximum Gasteiger partial charge on any atom is 0.0897 e. The zero-order chi connectivity index (χ0) is 11.3. The summed E-state index contributed by atoms with van der Waals surface area (Å²) >= 11 is 3.52.